The van der Waals surface area contributed by atoms with Crippen LogP contribution in [0.25, 0.3) is 0 Å². The monoisotopic (exact) mass is 745 g/mol. The fraction of sp³-hybridized carbons (Fsp3) is 0.641. The molecule has 0 radical (unpaired) electrons. The fourth-order valence-corrected chi connectivity index (χ4v) is 4.70. The molecule has 1 aromatic carbocycles. The van der Waals surface area contributed by atoms with E-state index in [1.807, 2.05) is 24.3 Å². The van der Waals surface area contributed by atoms with Crippen molar-refractivity contribution in [3.8, 4) is 5.75 Å². The molecule has 0 aliphatic carbocycles. The van der Waals surface area contributed by atoms with Crippen molar-refractivity contribution in [2.24, 2.45) is 10.9 Å². The van der Waals surface area contributed by atoms with Crippen molar-refractivity contribution in [1.29, 1.82) is 0 Å². The molecule has 0 heterocycles. The molecule has 0 bridgehead atoms. The molecule has 0 spiro atoms. The highest BCUT2D eigenvalue weighted by atomic mass is 16.6. The van der Waals surface area contributed by atoms with E-state index >= 15 is 0 Å². The lowest BCUT2D eigenvalue weighted by molar-refractivity contribution is -0.131. The number of carbonyl (C=O) groups excluding carboxylic acids is 4. The fourth-order valence-electron chi connectivity index (χ4n) is 4.70. The van der Waals surface area contributed by atoms with Gasteiger partial charge >= 0.3 is 18.2 Å². The van der Waals surface area contributed by atoms with Crippen molar-refractivity contribution in [2.45, 2.75) is 143 Å². The minimum absolute atomic E-state index is 0.0671. The molecule has 4 amide bonds. The molecular formula is C39H63N5O9. The van der Waals surface area contributed by atoms with Gasteiger partial charge in [-0.25, -0.2) is 14.4 Å². The largest absolute Gasteiger partial charge is 0.493 e. The third kappa shape index (κ3) is 24.3. The number of hydrogen-bond acceptors (Lipinski definition) is 9. The number of amides is 4. The molecule has 1 rings (SSSR count). The second-order valence-electron chi connectivity index (χ2n) is 15.3. The van der Waals surface area contributed by atoms with Crippen LogP contribution >= 0.6 is 0 Å². The lowest BCUT2D eigenvalue weighted by Gasteiger charge is -2.23. The highest BCUT2D eigenvalue weighted by molar-refractivity contribution is 6.01. The number of guanidine groups is 1. The van der Waals surface area contributed by atoms with Gasteiger partial charge in [0.05, 0.1) is 6.61 Å². The predicted molar refractivity (Wildman–Crippen MR) is 205 cm³/mol. The number of aliphatic carboxylic acids is 1. The Morgan fingerprint density at radius 3 is 1.94 bits per heavy atom. The zero-order valence-electron chi connectivity index (χ0n) is 33.1. The van der Waals surface area contributed by atoms with Gasteiger partial charge in [-0.05, 0) is 84.4 Å². The Labute approximate surface area is 315 Å². The zero-order chi connectivity index (χ0) is 40.0. The number of unbranched alkanes of at least 4 members (excludes halogenated alkanes) is 4. The topological polar surface area (TPSA) is 194 Å². The number of hydrogen-bond donors (Lipinski definition) is 5. The van der Waals surface area contributed by atoms with Crippen molar-refractivity contribution in [3.05, 3.63) is 42.0 Å². The van der Waals surface area contributed by atoms with E-state index in [2.05, 4.69) is 47.0 Å². The van der Waals surface area contributed by atoms with Crippen LogP contribution in [0.5, 0.6) is 5.75 Å². The highest BCUT2D eigenvalue weighted by Gasteiger charge is 2.24. The van der Waals surface area contributed by atoms with Crippen LogP contribution in [0.3, 0.4) is 0 Å². The molecule has 14 heteroatoms. The zero-order valence-corrected chi connectivity index (χ0v) is 33.1. The highest BCUT2D eigenvalue weighted by Crippen LogP contribution is 2.16. The SMILES string of the molecule is CCCCCCCC(=O)N[C@@H](Cc1ccc(OCC(C)C)cc1)C(=O)N[C@H](/C=C/C(=O)O)CCCN=C(NC(=O)OC(C)(C)C)NC(=O)OC(C)(C)C. The van der Waals surface area contributed by atoms with E-state index in [0.29, 0.717) is 31.1 Å². The summed E-state index contributed by atoms with van der Waals surface area (Å²) in [5.74, 6) is -1.06. The van der Waals surface area contributed by atoms with Crippen LogP contribution in [0, 0.1) is 5.92 Å². The second kappa shape index (κ2) is 23.8. The van der Waals surface area contributed by atoms with Crippen LogP contribution in [0.1, 0.15) is 119 Å². The minimum atomic E-state index is -1.19. The number of benzene rings is 1. The van der Waals surface area contributed by atoms with Gasteiger partial charge in [-0.15, -0.1) is 0 Å². The summed E-state index contributed by atoms with van der Waals surface area (Å²) in [5, 5.41) is 19.9. The van der Waals surface area contributed by atoms with Crippen molar-refractivity contribution in [2.75, 3.05) is 13.2 Å². The maximum absolute atomic E-state index is 13.7. The van der Waals surface area contributed by atoms with Gasteiger partial charge in [0, 0.05) is 31.5 Å². The molecular weight excluding hydrogens is 682 g/mol. The van der Waals surface area contributed by atoms with Crippen LogP contribution in [0.15, 0.2) is 41.4 Å². The summed E-state index contributed by atoms with van der Waals surface area (Å²) in [6.07, 6.45) is 6.50. The van der Waals surface area contributed by atoms with Gasteiger partial charge in [0.25, 0.3) is 0 Å². The van der Waals surface area contributed by atoms with Crippen molar-refractivity contribution < 1.29 is 43.3 Å². The minimum Gasteiger partial charge on any atom is -0.493 e. The molecule has 0 aromatic heterocycles. The molecule has 2 atom stereocenters. The van der Waals surface area contributed by atoms with E-state index in [9.17, 15) is 29.1 Å². The molecule has 14 nitrogen and oxygen atoms in total. The van der Waals surface area contributed by atoms with Crippen LogP contribution in [-0.4, -0.2) is 77.5 Å². The average molecular weight is 746 g/mol. The quantitative estimate of drug-likeness (QED) is 0.0433. The Morgan fingerprint density at radius 2 is 1.42 bits per heavy atom. The van der Waals surface area contributed by atoms with E-state index < -0.39 is 47.3 Å². The number of carboxylic acid groups (broad SMARTS) is 1. The number of nitrogens with zero attached hydrogens (tertiary/aromatic N) is 1. The van der Waals surface area contributed by atoms with Crippen LogP contribution in [0.2, 0.25) is 0 Å². The lowest BCUT2D eigenvalue weighted by atomic mass is 10.0. The summed E-state index contributed by atoms with van der Waals surface area (Å²) < 4.78 is 16.3. The molecule has 0 saturated heterocycles. The molecule has 298 valence electrons. The predicted octanol–water partition coefficient (Wildman–Crippen LogP) is 6.42. The summed E-state index contributed by atoms with van der Waals surface area (Å²) in [5.41, 5.74) is -0.805. The molecule has 0 fully saturated rings. The smallest absolute Gasteiger partial charge is 0.414 e. The van der Waals surface area contributed by atoms with Crippen molar-refractivity contribution >= 4 is 35.9 Å². The average Bonchev–Trinajstić information content (AvgIpc) is 3.02. The number of nitrogens with one attached hydrogen (secondary N) is 4. The first kappa shape index (κ1) is 46.4. The first-order valence-electron chi connectivity index (χ1n) is 18.5. The molecule has 53 heavy (non-hydrogen) atoms. The summed E-state index contributed by atoms with van der Waals surface area (Å²) in [7, 11) is 0. The molecule has 0 aliphatic heterocycles. The molecule has 5 N–H and O–H groups in total. The second-order valence-corrected chi connectivity index (χ2v) is 15.3. The Hall–Kier alpha value is -4.62. The standard InChI is InChI=1S/C39H63N5O9/c1-10-11-12-13-14-17-32(45)42-31(25-28-18-21-30(22-19-28)51-26-27(2)3)34(48)41-29(20-23-33(46)47)16-15-24-40-35(43-36(49)52-38(4,5)6)44-37(50)53-39(7,8)9/h18-23,27,29,31H,10-17,24-26H2,1-9H3,(H,41,48)(H,42,45)(H,46,47)(H2,40,43,44,49,50)/b23-20+/t29-,31-/m0/s1. The van der Waals surface area contributed by atoms with Crippen molar-refractivity contribution in [1.82, 2.24) is 21.3 Å². The van der Waals surface area contributed by atoms with E-state index in [1.54, 1.807) is 41.5 Å². The van der Waals surface area contributed by atoms with Crippen molar-refractivity contribution in [3.63, 3.8) is 0 Å². The van der Waals surface area contributed by atoms with Gasteiger partial charge in [0.15, 0.2) is 0 Å². The number of carboxylic acids is 1. The van der Waals surface area contributed by atoms with Gasteiger partial charge in [-0.1, -0.05) is 64.7 Å². The summed E-state index contributed by atoms with van der Waals surface area (Å²) in [4.78, 5) is 67.3. The third-order valence-electron chi connectivity index (χ3n) is 7.09. The van der Waals surface area contributed by atoms with E-state index in [1.165, 1.54) is 6.08 Å². The summed E-state index contributed by atoms with van der Waals surface area (Å²) in [6, 6.07) is 5.68. The maximum Gasteiger partial charge on any atom is 0.414 e. The normalized spacial score (nSPS) is 12.7. The van der Waals surface area contributed by atoms with Crippen LogP contribution in [0.4, 0.5) is 9.59 Å². The summed E-state index contributed by atoms with van der Waals surface area (Å²) in [6.45, 7) is 17.0. The van der Waals surface area contributed by atoms with Gasteiger partial charge in [-0.3, -0.25) is 25.2 Å². The number of carbonyl (C=O) groups is 5. The molecule has 1 aromatic rings. The Bertz CT molecular complexity index is 1330. The van der Waals surface area contributed by atoms with E-state index in [-0.39, 0.29) is 37.7 Å². The first-order chi connectivity index (χ1) is 24.8. The van der Waals surface area contributed by atoms with Gasteiger partial charge in [-0.2, -0.15) is 0 Å². The van der Waals surface area contributed by atoms with E-state index in [0.717, 1.165) is 37.3 Å². The summed E-state index contributed by atoms with van der Waals surface area (Å²) >= 11 is 0. The molecule has 0 aliphatic rings. The molecule has 0 unspecified atom stereocenters. The number of alkyl carbamates (subject to hydrolysis) is 2. The third-order valence-corrected chi connectivity index (χ3v) is 7.09. The number of aliphatic imine (C=N–C) groups is 1. The van der Waals surface area contributed by atoms with Gasteiger partial charge in [0.2, 0.25) is 17.8 Å². The van der Waals surface area contributed by atoms with E-state index in [4.69, 9.17) is 14.2 Å². The maximum atomic E-state index is 13.7. The number of rotatable bonds is 20. The van der Waals surface area contributed by atoms with Crippen LogP contribution in [-0.2, 0) is 30.3 Å². The van der Waals surface area contributed by atoms with Crippen LogP contribution < -0.4 is 26.0 Å². The molecule has 0 saturated carbocycles. The number of ether oxygens (including phenoxy) is 3. The lowest BCUT2D eigenvalue weighted by Crippen LogP contribution is -2.50. The Morgan fingerprint density at radius 1 is 0.830 bits per heavy atom. The Balaban J connectivity index is 3.14. The van der Waals surface area contributed by atoms with Gasteiger partial charge in [0.1, 0.15) is 23.0 Å². The first-order valence-corrected chi connectivity index (χ1v) is 18.5. The Kier molecular flexibility index (Phi) is 20.9. The van der Waals surface area contributed by atoms with Gasteiger partial charge < -0.3 is 30.0 Å².